The molecule has 4 N–H and O–H groups in total. The van der Waals surface area contributed by atoms with Gasteiger partial charge in [-0.25, -0.2) is 4.98 Å². The SMILES string of the molecule is CCN(CC)CCOc1ccc(/C(=C(\Cl)c2ccccc2)c2ccccc2)cc1.Nc1nc(Cl)nc2c1ncn2[C@H]1C[C@H](O)[C@@H](CO)O1. The highest BCUT2D eigenvalue weighted by molar-refractivity contribution is 6.53. The fourth-order valence-corrected chi connectivity index (χ4v) is 5.99. The molecule has 1 fully saturated rings. The van der Waals surface area contributed by atoms with Crippen LogP contribution < -0.4 is 10.5 Å². The van der Waals surface area contributed by atoms with E-state index < -0.39 is 18.4 Å². The number of rotatable bonds is 11. The molecule has 0 aliphatic carbocycles. The summed E-state index contributed by atoms with van der Waals surface area (Å²) in [6.07, 6.45) is 0.0169. The second-order valence-electron chi connectivity index (χ2n) is 11.1. The fraction of sp³-hybridized carbons (Fsp3) is 0.306. The van der Waals surface area contributed by atoms with Gasteiger partial charge in [0.2, 0.25) is 5.28 Å². The lowest BCUT2D eigenvalue weighted by atomic mass is 9.95. The second-order valence-corrected chi connectivity index (χ2v) is 11.9. The first-order valence-electron chi connectivity index (χ1n) is 15.9. The van der Waals surface area contributed by atoms with E-state index in [1.807, 2.05) is 60.7 Å². The summed E-state index contributed by atoms with van der Waals surface area (Å²) in [5, 5.41) is 19.6. The lowest BCUT2D eigenvalue weighted by Crippen LogP contribution is -2.27. The first kappa shape index (κ1) is 35.3. The molecule has 1 aliphatic heterocycles. The number of likely N-dealkylation sites (N-methyl/N-ethyl adjacent to an activating group) is 1. The Kier molecular flexibility index (Phi) is 12.4. The average Bonchev–Trinajstić information content (AvgIpc) is 3.71. The van der Waals surface area contributed by atoms with Crippen molar-refractivity contribution in [2.24, 2.45) is 0 Å². The van der Waals surface area contributed by atoms with E-state index in [9.17, 15) is 5.11 Å². The van der Waals surface area contributed by atoms with Crippen molar-refractivity contribution in [3.63, 3.8) is 0 Å². The third kappa shape index (κ3) is 8.51. The maximum Gasteiger partial charge on any atom is 0.226 e. The molecule has 3 heterocycles. The number of ether oxygens (including phenoxy) is 2. The van der Waals surface area contributed by atoms with Gasteiger partial charge >= 0.3 is 0 Å². The van der Waals surface area contributed by atoms with Crippen LogP contribution in [0.4, 0.5) is 5.82 Å². The van der Waals surface area contributed by atoms with E-state index in [-0.39, 0.29) is 17.7 Å². The highest BCUT2D eigenvalue weighted by atomic mass is 35.5. The first-order valence-corrected chi connectivity index (χ1v) is 16.6. The van der Waals surface area contributed by atoms with Gasteiger partial charge in [-0.15, -0.1) is 0 Å². The average molecular weight is 692 g/mol. The zero-order valence-electron chi connectivity index (χ0n) is 26.9. The van der Waals surface area contributed by atoms with Crippen LogP contribution in [0.5, 0.6) is 5.75 Å². The number of hydrogen-bond acceptors (Lipinski definition) is 9. The number of nitrogens with two attached hydrogens (primary N) is 1. The number of benzene rings is 3. The number of halogens is 2. The zero-order valence-corrected chi connectivity index (χ0v) is 28.4. The number of imidazole rings is 1. The van der Waals surface area contributed by atoms with Crippen LogP contribution >= 0.6 is 23.2 Å². The Morgan fingerprint density at radius 2 is 1.58 bits per heavy atom. The van der Waals surface area contributed by atoms with Gasteiger partial charge in [-0.1, -0.05) is 98.2 Å². The molecule has 252 valence electrons. The minimum Gasteiger partial charge on any atom is -0.492 e. The van der Waals surface area contributed by atoms with Crippen LogP contribution in [-0.2, 0) is 4.74 Å². The highest BCUT2D eigenvalue weighted by Crippen LogP contribution is 2.35. The predicted molar refractivity (Wildman–Crippen MR) is 191 cm³/mol. The van der Waals surface area contributed by atoms with E-state index in [1.165, 1.54) is 6.33 Å². The Morgan fingerprint density at radius 3 is 2.19 bits per heavy atom. The number of hydrogen-bond donors (Lipinski definition) is 3. The van der Waals surface area contributed by atoms with E-state index in [0.29, 0.717) is 24.2 Å². The van der Waals surface area contributed by atoms with E-state index in [4.69, 9.17) is 43.5 Å². The van der Waals surface area contributed by atoms with Gasteiger partial charge in [0, 0.05) is 18.5 Å². The molecule has 0 unspecified atom stereocenters. The smallest absolute Gasteiger partial charge is 0.226 e. The van der Waals surface area contributed by atoms with Gasteiger partial charge in [0.1, 0.15) is 30.2 Å². The molecular weight excluding hydrogens is 651 g/mol. The molecule has 2 aromatic heterocycles. The van der Waals surface area contributed by atoms with Gasteiger partial charge in [-0.2, -0.15) is 9.97 Å². The largest absolute Gasteiger partial charge is 0.492 e. The third-order valence-electron chi connectivity index (χ3n) is 8.14. The topological polar surface area (TPSA) is 132 Å². The molecule has 10 nitrogen and oxygen atoms in total. The monoisotopic (exact) mass is 690 g/mol. The van der Waals surface area contributed by atoms with Gasteiger partial charge in [0.15, 0.2) is 11.5 Å². The molecule has 0 saturated carbocycles. The normalized spacial score (nSPS) is 18.0. The van der Waals surface area contributed by atoms with Gasteiger partial charge in [-0.05, 0) is 53.5 Å². The summed E-state index contributed by atoms with van der Waals surface area (Å²) >= 11 is 12.6. The Hall–Kier alpha value is -4.03. The van der Waals surface area contributed by atoms with Crippen molar-refractivity contribution >= 4 is 50.8 Å². The highest BCUT2D eigenvalue weighted by Gasteiger charge is 2.35. The van der Waals surface area contributed by atoms with Gasteiger partial charge in [-0.3, -0.25) is 4.57 Å². The lowest BCUT2D eigenvalue weighted by molar-refractivity contribution is -0.0432. The van der Waals surface area contributed by atoms with Gasteiger partial charge in [0.25, 0.3) is 0 Å². The molecule has 5 aromatic rings. The number of anilines is 1. The van der Waals surface area contributed by atoms with Crippen molar-refractivity contribution in [2.45, 2.75) is 38.7 Å². The van der Waals surface area contributed by atoms with Crippen molar-refractivity contribution in [2.75, 3.05) is 38.6 Å². The Labute approximate surface area is 290 Å². The van der Waals surface area contributed by atoms with Crippen LogP contribution in [0, 0.1) is 0 Å². The molecule has 0 radical (unpaired) electrons. The lowest BCUT2D eigenvalue weighted by Gasteiger charge is -2.18. The molecule has 48 heavy (non-hydrogen) atoms. The Morgan fingerprint density at radius 1 is 0.958 bits per heavy atom. The number of fused-ring (bicyclic) bond motifs is 1. The Balaban J connectivity index is 0.000000204. The molecule has 6 rings (SSSR count). The number of aromatic nitrogens is 4. The van der Waals surface area contributed by atoms with Crippen molar-refractivity contribution < 1.29 is 19.7 Å². The van der Waals surface area contributed by atoms with E-state index in [1.54, 1.807) is 4.57 Å². The summed E-state index contributed by atoms with van der Waals surface area (Å²) in [7, 11) is 0. The molecule has 1 aliphatic rings. The fourth-order valence-electron chi connectivity index (χ4n) is 5.48. The number of aliphatic hydroxyl groups excluding tert-OH is 2. The zero-order chi connectivity index (χ0) is 34.0. The van der Waals surface area contributed by atoms with Crippen molar-refractivity contribution in [3.05, 3.63) is 113 Å². The summed E-state index contributed by atoms with van der Waals surface area (Å²) in [5.74, 6) is 1.06. The second kappa shape index (κ2) is 16.9. The number of nitrogens with zero attached hydrogens (tertiary/aromatic N) is 5. The molecular formula is C36H40Cl2N6O4. The minimum absolute atomic E-state index is 0.0176. The summed E-state index contributed by atoms with van der Waals surface area (Å²) in [5.41, 5.74) is 10.8. The maximum absolute atomic E-state index is 9.74. The first-order chi connectivity index (χ1) is 23.3. The van der Waals surface area contributed by atoms with Crippen LogP contribution in [0.3, 0.4) is 0 Å². The molecule has 1 saturated heterocycles. The van der Waals surface area contributed by atoms with Gasteiger partial charge < -0.3 is 30.3 Å². The standard InChI is InChI=1S/C26H28ClNO.C10H12ClN5O3/c1-3-28(4-2)19-20-29-24-17-15-22(16-18-24)25(21-11-7-5-8-12-21)26(27)23-13-9-6-10-14-23;11-10-14-8(12)7-9(15-10)16(3-13-7)6-1-4(18)5(2-17)19-6/h5-18H,3-4,19-20H2,1-2H3;3-6,17-18H,1-2H2,(H2,12,14,15)/b26-25-;/t;4-,5+,6+/m.0/s1. The van der Waals surface area contributed by atoms with Crippen molar-refractivity contribution in [3.8, 4) is 5.75 Å². The van der Waals surface area contributed by atoms with E-state index in [0.717, 1.165) is 52.7 Å². The van der Waals surface area contributed by atoms with Crippen molar-refractivity contribution in [1.82, 2.24) is 24.4 Å². The molecule has 3 atom stereocenters. The van der Waals surface area contributed by atoms with Crippen LogP contribution in [0.25, 0.3) is 21.8 Å². The van der Waals surface area contributed by atoms with Gasteiger partial charge in [0.05, 0.1) is 24.1 Å². The molecule has 3 aromatic carbocycles. The summed E-state index contributed by atoms with van der Waals surface area (Å²) in [6.45, 7) is 7.81. The third-order valence-corrected chi connectivity index (χ3v) is 8.71. The summed E-state index contributed by atoms with van der Waals surface area (Å²) in [4.78, 5) is 14.3. The van der Waals surface area contributed by atoms with E-state index in [2.05, 4.69) is 58.0 Å². The van der Waals surface area contributed by atoms with Crippen LogP contribution in [-0.4, -0.2) is 79.7 Å². The summed E-state index contributed by atoms with van der Waals surface area (Å²) < 4.78 is 13.1. The molecule has 0 bridgehead atoms. The summed E-state index contributed by atoms with van der Waals surface area (Å²) in [6, 6.07) is 28.6. The van der Waals surface area contributed by atoms with Crippen molar-refractivity contribution in [1.29, 1.82) is 0 Å². The molecule has 0 spiro atoms. The minimum atomic E-state index is -0.734. The van der Waals surface area contributed by atoms with Crippen LogP contribution in [0.2, 0.25) is 5.28 Å². The maximum atomic E-state index is 9.74. The molecule has 0 amide bonds. The van der Waals surface area contributed by atoms with E-state index >= 15 is 0 Å². The molecule has 12 heteroatoms. The Bertz CT molecular complexity index is 1780. The van der Waals surface area contributed by atoms with Crippen LogP contribution in [0.15, 0.2) is 91.3 Å². The number of nitrogen functional groups attached to an aromatic ring is 1. The number of aliphatic hydroxyl groups is 2. The predicted octanol–water partition coefficient (Wildman–Crippen LogP) is 6.27. The quantitative estimate of drug-likeness (QED) is 0.108. The van der Waals surface area contributed by atoms with Crippen LogP contribution in [0.1, 0.15) is 43.2 Å².